The lowest BCUT2D eigenvalue weighted by atomic mass is 10.2. The van der Waals surface area contributed by atoms with E-state index >= 15 is 0 Å². The van der Waals surface area contributed by atoms with Crippen LogP contribution >= 0.6 is 24.0 Å². The summed E-state index contributed by atoms with van der Waals surface area (Å²) in [7, 11) is 1.67. The van der Waals surface area contributed by atoms with Gasteiger partial charge in [0.15, 0.2) is 5.96 Å². The van der Waals surface area contributed by atoms with Gasteiger partial charge in [0, 0.05) is 58.4 Å². The van der Waals surface area contributed by atoms with E-state index in [9.17, 15) is 13.6 Å². The van der Waals surface area contributed by atoms with Gasteiger partial charge in [0.2, 0.25) is 5.91 Å². The number of nitrogens with one attached hydrogen (secondary N) is 1. The number of carbonyl (C=O) groups excluding carboxylic acids is 1. The molecule has 1 aromatic carbocycles. The second-order valence-electron chi connectivity index (χ2n) is 6.99. The van der Waals surface area contributed by atoms with Gasteiger partial charge in [0.05, 0.1) is 6.54 Å². The molecule has 0 bridgehead atoms. The van der Waals surface area contributed by atoms with Crippen LogP contribution in [0.15, 0.2) is 23.2 Å². The Bertz CT molecular complexity index is 689. The Labute approximate surface area is 182 Å². The summed E-state index contributed by atoms with van der Waals surface area (Å²) in [6.07, 6.45) is 2.21. The minimum Gasteiger partial charge on any atom is -0.352 e. The molecule has 28 heavy (non-hydrogen) atoms. The zero-order chi connectivity index (χ0) is 19.2. The van der Waals surface area contributed by atoms with Crippen molar-refractivity contribution in [3.63, 3.8) is 0 Å². The van der Waals surface area contributed by atoms with E-state index in [4.69, 9.17) is 0 Å². The van der Waals surface area contributed by atoms with Crippen LogP contribution in [0.4, 0.5) is 8.78 Å². The van der Waals surface area contributed by atoms with E-state index in [1.54, 1.807) is 7.05 Å². The summed E-state index contributed by atoms with van der Waals surface area (Å²) in [5, 5.41) is 3.10. The Morgan fingerprint density at radius 3 is 2.39 bits per heavy atom. The molecule has 156 valence electrons. The fourth-order valence-corrected chi connectivity index (χ4v) is 3.56. The van der Waals surface area contributed by atoms with Gasteiger partial charge >= 0.3 is 0 Å². The molecular formula is C19H28F2IN5O. The van der Waals surface area contributed by atoms with Gasteiger partial charge in [-0.1, -0.05) is 0 Å². The van der Waals surface area contributed by atoms with Gasteiger partial charge in [-0.25, -0.2) is 8.78 Å². The summed E-state index contributed by atoms with van der Waals surface area (Å²) >= 11 is 0. The summed E-state index contributed by atoms with van der Waals surface area (Å²) in [6, 6.07) is 3.43. The summed E-state index contributed by atoms with van der Waals surface area (Å²) in [4.78, 5) is 22.7. The highest BCUT2D eigenvalue weighted by Crippen LogP contribution is 2.11. The number of rotatable bonds is 4. The van der Waals surface area contributed by atoms with Crippen molar-refractivity contribution in [1.82, 2.24) is 20.0 Å². The first-order valence-corrected chi connectivity index (χ1v) is 9.46. The average molecular weight is 507 g/mol. The van der Waals surface area contributed by atoms with E-state index in [1.165, 1.54) is 6.07 Å². The van der Waals surface area contributed by atoms with Crippen LogP contribution in [0, 0.1) is 11.6 Å². The molecule has 0 aromatic heterocycles. The fourth-order valence-electron chi connectivity index (χ4n) is 3.56. The van der Waals surface area contributed by atoms with Crippen molar-refractivity contribution in [2.45, 2.75) is 19.4 Å². The van der Waals surface area contributed by atoms with E-state index < -0.39 is 11.6 Å². The Morgan fingerprint density at radius 2 is 1.75 bits per heavy atom. The van der Waals surface area contributed by atoms with Crippen molar-refractivity contribution in [1.29, 1.82) is 0 Å². The molecule has 2 fully saturated rings. The Morgan fingerprint density at radius 1 is 1.07 bits per heavy atom. The number of halogens is 3. The van der Waals surface area contributed by atoms with Crippen LogP contribution in [-0.2, 0) is 11.3 Å². The number of nitrogens with zero attached hydrogens (tertiary/aromatic N) is 4. The Hall–Kier alpha value is -1.49. The lowest BCUT2D eigenvalue weighted by Gasteiger charge is -2.36. The molecule has 1 amide bonds. The highest BCUT2D eigenvalue weighted by atomic mass is 127. The molecule has 2 aliphatic rings. The standard InChI is InChI=1S/C19H27F2N5O.HI/c1-22-19(23-13-15-12-16(20)4-5-17(15)21)26-10-8-24(9-11-26)14-18(27)25-6-2-3-7-25;/h4-5,12H,2-3,6-11,13-14H2,1H3,(H,22,23);1H. The number of likely N-dealkylation sites (tertiary alicyclic amines) is 1. The van der Waals surface area contributed by atoms with Crippen molar-refractivity contribution in [2.75, 3.05) is 52.9 Å². The minimum absolute atomic E-state index is 0. The molecule has 1 N–H and O–H groups in total. The summed E-state index contributed by atoms with van der Waals surface area (Å²) in [5.41, 5.74) is 0.269. The maximum absolute atomic E-state index is 13.8. The number of hydrogen-bond donors (Lipinski definition) is 1. The molecule has 2 aliphatic heterocycles. The number of hydrogen-bond acceptors (Lipinski definition) is 3. The smallest absolute Gasteiger partial charge is 0.236 e. The summed E-state index contributed by atoms with van der Waals surface area (Å²) in [6.45, 7) is 5.41. The van der Waals surface area contributed by atoms with Gasteiger partial charge in [-0.15, -0.1) is 24.0 Å². The monoisotopic (exact) mass is 507 g/mol. The normalized spacial score (nSPS) is 18.2. The van der Waals surface area contributed by atoms with Crippen LogP contribution in [-0.4, -0.2) is 79.4 Å². The highest BCUT2D eigenvalue weighted by molar-refractivity contribution is 14.0. The van der Waals surface area contributed by atoms with E-state index in [0.717, 1.165) is 64.2 Å². The zero-order valence-electron chi connectivity index (χ0n) is 16.2. The molecule has 0 unspecified atom stereocenters. The Balaban J connectivity index is 0.00000280. The van der Waals surface area contributed by atoms with Gasteiger partial charge < -0.3 is 15.1 Å². The number of aliphatic imine (C=N–C) groups is 1. The highest BCUT2D eigenvalue weighted by Gasteiger charge is 2.24. The molecule has 1 aromatic rings. The first-order chi connectivity index (χ1) is 13.1. The third kappa shape index (κ3) is 6.00. The number of amides is 1. The molecule has 0 saturated carbocycles. The van der Waals surface area contributed by atoms with Crippen LogP contribution in [0.1, 0.15) is 18.4 Å². The maximum atomic E-state index is 13.8. The van der Waals surface area contributed by atoms with Crippen LogP contribution < -0.4 is 5.32 Å². The second kappa shape index (κ2) is 10.9. The van der Waals surface area contributed by atoms with E-state index in [2.05, 4.69) is 20.1 Å². The number of piperazine rings is 1. The first kappa shape index (κ1) is 22.8. The summed E-state index contributed by atoms with van der Waals surface area (Å²) in [5.74, 6) is -0.0294. The van der Waals surface area contributed by atoms with Crippen molar-refractivity contribution in [3.8, 4) is 0 Å². The van der Waals surface area contributed by atoms with E-state index in [-0.39, 0.29) is 42.0 Å². The third-order valence-corrected chi connectivity index (χ3v) is 5.15. The lowest BCUT2D eigenvalue weighted by Crippen LogP contribution is -2.54. The number of carbonyl (C=O) groups is 1. The lowest BCUT2D eigenvalue weighted by molar-refractivity contribution is -0.131. The summed E-state index contributed by atoms with van der Waals surface area (Å²) < 4.78 is 27.1. The average Bonchev–Trinajstić information content (AvgIpc) is 3.21. The van der Waals surface area contributed by atoms with Crippen LogP contribution in [0.2, 0.25) is 0 Å². The molecule has 6 nitrogen and oxygen atoms in total. The second-order valence-corrected chi connectivity index (χ2v) is 6.99. The van der Waals surface area contributed by atoms with Gasteiger partial charge in [0.25, 0.3) is 0 Å². The maximum Gasteiger partial charge on any atom is 0.236 e. The fraction of sp³-hybridized carbons (Fsp3) is 0.579. The Kier molecular flexibility index (Phi) is 8.87. The van der Waals surface area contributed by atoms with Crippen molar-refractivity contribution in [2.24, 2.45) is 4.99 Å². The molecule has 0 radical (unpaired) electrons. The largest absolute Gasteiger partial charge is 0.352 e. The molecular weight excluding hydrogens is 479 g/mol. The molecule has 0 spiro atoms. The van der Waals surface area contributed by atoms with Crippen LogP contribution in [0.3, 0.4) is 0 Å². The minimum atomic E-state index is -0.459. The predicted octanol–water partition coefficient (Wildman–Crippen LogP) is 1.90. The molecule has 9 heteroatoms. The van der Waals surface area contributed by atoms with Crippen LogP contribution in [0.25, 0.3) is 0 Å². The predicted molar refractivity (Wildman–Crippen MR) is 116 cm³/mol. The van der Waals surface area contributed by atoms with Crippen molar-refractivity contribution < 1.29 is 13.6 Å². The topological polar surface area (TPSA) is 51.2 Å². The molecule has 0 aliphatic carbocycles. The van der Waals surface area contributed by atoms with Gasteiger partial charge in [-0.3, -0.25) is 14.7 Å². The van der Waals surface area contributed by atoms with Gasteiger partial charge in [-0.2, -0.15) is 0 Å². The van der Waals surface area contributed by atoms with Gasteiger partial charge in [0.1, 0.15) is 11.6 Å². The third-order valence-electron chi connectivity index (χ3n) is 5.15. The zero-order valence-corrected chi connectivity index (χ0v) is 18.5. The molecule has 3 rings (SSSR count). The molecule has 0 atom stereocenters. The quantitative estimate of drug-likeness (QED) is 0.385. The first-order valence-electron chi connectivity index (χ1n) is 9.46. The van der Waals surface area contributed by atoms with E-state index in [1.807, 2.05) is 4.90 Å². The van der Waals surface area contributed by atoms with Crippen LogP contribution in [0.5, 0.6) is 0 Å². The van der Waals surface area contributed by atoms with Crippen molar-refractivity contribution in [3.05, 3.63) is 35.4 Å². The van der Waals surface area contributed by atoms with Crippen molar-refractivity contribution >= 4 is 35.8 Å². The van der Waals surface area contributed by atoms with E-state index in [0.29, 0.717) is 12.5 Å². The molecule has 2 heterocycles. The number of guanidine groups is 1. The SMILES string of the molecule is CN=C(NCc1cc(F)ccc1F)N1CCN(CC(=O)N2CCCC2)CC1.I. The van der Waals surface area contributed by atoms with Gasteiger partial charge in [-0.05, 0) is 31.0 Å². The molecule has 2 saturated heterocycles. The number of benzene rings is 1.